The van der Waals surface area contributed by atoms with E-state index in [1.165, 1.54) is 10.5 Å². The number of nitrogens with one attached hydrogen (secondary N) is 1. The van der Waals surface area contributed by atoms with Gasteiger partial charge in [-0.05, 0) is 35.7 Å². The molecule has 0 amide bonds. The van der Waals surface area contributed by atoms with E-state index in [4.69, 9.17) is 0 Å². The number of aromatic nitrogens is 1. The van der Waals surface area contributed by atoms with Crippen LogP contribution in [0.25, 0.3) is 0 Å². The van der Waals surface area contributed by atoms with E-state index in [1.807, 2.05) is 30.9 Å². The quantitative estimate of drug-likeness (QED) is 0.809. The standard InChI is InChI=1S/C16H20N2S/c1-12(2)13-7-9-15(10-8-13)19-11-14-5-4-6-16(17-3)18-14/h4-10,12H,11H2,1-3H3,(H,17,18). The number of thioether (sulfide) groups is 1. The average Bonchev–Trinajstić information content (AvgIpc) is 2.46. The van der Waals surface area contributed by atoms with Crippen LogP contribution in [0.1, 0.15) is 31.0 Å². The van der Waals surface area contributed by atoms with Crippen molar-refractivity contribution in [2.75, 3.05) is 12.4 Å². The molecule has 1 heterocycles. The number of anilines is 1. The molecule has 1 aromatic heterocycles. The van der Waals surface area contributed by atoms with Crippen molar-refractivity contribution < 1.29 is 0 Å². The molecule has 0 radical (unpaired) electrons. The Bertz CT molecular complexity index is 521. The van der Waals surface area contributed by atoms with Crippen molar-refractivity contribution in [1.29, 1.82) is 0 Å². The molecule has 1 N–H and O–H groups in total. The van der Waals surface area contributed by atoms with Gasteiger partial charge in [0.05, 0.1) is 5.69 Å². The van der Waals surface area contributed by atoms with E-state index in [1.54, 1.807) is 0 Å². The lowest BCUT2D eigenvalue weighted by Crippen LogP contribution is -1.94. The molecular weight excluding hydrogens is 252 g/mol. The number of hydrogen-bond donors (Lipinski definition) is 1. The van der Waals surface area contributed by atoms with E-state index < -0.39 is 0 Å². The van der Waals surface area contributed by atoms with Gasteiger partial charge in [-0.1, -0.05) is 32.0 Å². The molecule has 0 fully saturated rings. The van der Waals surface area contributed by atoms with Crippen LogP contribution in [0.5, 0.6) is 0 Å². The van der Waals surface area contributed by atoms with Gasteiger partial charge in [-0.15, -0.1) is 11.8 Å². The number of rotatable bonds is 5. The maximum absolute atomic E-state index is 4.52. The van der Waals surface area contributed by atoms with Crippen molar-refractivity contribution in [3.05, 3.63) is 53.7 Å². The zero-order valence-electron chi connectivity index (χ0n) is 11.7. The van der Waals surface area contributed by atoms with Crippen LogP contribution >= 0.6 is 11.8 Å². The number of pyridine rings is 1. The predicted octanol–water partition coefficient (Wildman–Crippen LogP) is 4.54. The van der Waals surface area contributed by atoms with Gasteiger partial charge in [0.25, 0.3) is 0 Å². The summed E-state index contributed by atoms with van der Waals surface area (Å²) in [7, 11) is 1.89. The van der Waals surface area contributed by atoms with Gasteiger partial charge in [-0.3, -0.25) is 0 Å². The molecule has 0 unspecified atom stereocenters. The molecule has 2 rings (SSSR count). The third-order valence-corrected chi connectivity index (χ3v) is 4.04. The predicted molar refractivity (Wildman–Crippen MR) is 83.9 cm³/mol. The molecule has 0 saturated carbocycles. The molecule has 100 valence electrons. The summed E-state index contributed by atoms with van der Waals surface area (Å²) in [6.07, 6.45) is 0. The fraction of sp³-hybridized carbons (Fsp3) is 0.312. The molecular formula is C16H20N2S. The van der Waals surface area contributed by atoms with Crippen LogP contribution < -0.4 is 5.32 Å². The van der Waals surface area contributed by atoms with Crippen LogP contribution in [0.3, 0.4) is 0 Å². The van der Waals surface area contributed by atoms with Crippen molar-refractivity contribution in [3.8, 4) is 0 Å². The summed E-state index contributed by atoms with van der Waals surface area (Å²) in [6.45, 7) is 4.44. The highest BCUT2D eigenvalue weighted by Crippen LogP contribution is 2.24. The summed E-state index contributed by atoms with van der Waals surface area (Å²) in [6, 6.07) is 14.9. The second kappa shape index (κ2) is 6.62. The van der Waals surface area contributed by atoms with Gasteiger partial charge < -0.3 is 5.32 Å². The summed E-state index contributed by atoms with van der Waals surface area (Å²) in [5, 5.41) is 3.07. The lowest BCUT2D eigenvalue weighted by atomic mass is 10.0. The lowest BCUT2D eigenvalue weighted by Gasteiger charge is -2.07. The summed E-state index contributed by atoms with van der Waals surface area (Å²) >= 11 is 1.82. The Hall–Kier alpha value is -1.48. The zero-order valence-corrected chi connectivity index (χ0v) is 12.5. The van der Waals surface area contributed by atoms with Crippen molar-refractivity contribution in [2.24, 2.45) is 0 Å². The van der Waals surface area contributed by atoms with Gasteiger partial charge in [0.2, 0.25) is 0 Å². The van der Waals surface area contributed by atoms with Gasteiger partial charge in [-0.25, -0.2) is 4.98 Å². The summed E-state index contributed by atoms with van der Waals surface area (Å²) in [5.74, 6) is 2.41. The third-order valence-electron chi connectivity index (χ3n) is 3.00. The minimum absolute atomic E-state index is 0.591. The Morgan fingerprint density at radius 3 is 2.47 bits per heavy atom. The van der Waals surface area contributed by atoms with Crippen LogP contribution in [-0.2, 0) is 5.75 Å². The van der Waals surface area contributed by atoms with E-state index in [0.29, 0.717) is 5.92 Å². The second-order valence-electron chi connectivity index (χ2n) is 4.78. The summed E-state index contributed by atoms with van der Waals surface area (Å²) < 4.78 is 0. The average molecular weight is 272 g/mol. The first-order valence-corrected chi connectivity index (χ1v) is 7.54. The SMILES string of the molecule is CNc1cccc(CSc2ccc(C(C)C)cc2)n1. The van der Waals surface area contributed by atoms with Crippen molar-refractivity contribution >= 4 is 17.6 Å². The topological polar surface area (TPSA) is 24.9 Å². The first kappa shape index (κ1) is 13.9. The summed E-state index contributed by atoms with van der Waals surface area (Å²) in [5.41, 5.74) is 2.49. The molecule has 0 aliphatic heterocycles. The van der Waals surface area contributed by atoms with Crippen molar-refractivity contribution in [1.82, 2.24) is 4.98 Å². The van der Waals surface area contributed by atoms with E-state index in [-0.39, 0.29) is 0 Å². The third kappa shape index (κ3) is 4.00. The second-order valence-corrected chi connectivity index (χ2v) is 5.83. The molecule has 19 heavy (non-hydrogen) atoms. The van der Waals surface area contributed by atoms with Crippen LogP contribution in [-0.4, -0.2) is 12.0 Å². The highest BCUT2D eigenvalue weighted by atomic mass is 32.2. The highest BCUT2D eigenvalue weighted by molar-refractivity contribution is 7.98. The Morgan fingerprint density at radius 1 is 1.11 bits per heavy atom. The minimum atomic E-state index is 0.591. The normalized spacial score (nSPS) is 10.7. The van der Waals surface area contributed by atoms with Gasteiger partial charge in [0.15, 0.2) is 0 Å². The Morgan fingerprint density at radius 2 is 1.84 bits per heavy atom. The largest absolute Gasteiger partial charge is 0.373 e. The van der Waals surface area contributed by atoms with Crippen LogP contribution in [0.2, 0.25) is 0 Å². The molecule has 2 nitrogen and oxygen atoms in total. The highest BCUT2D eigenvalue weighted by Gasteiger charge is 2.01. The Labute approximate surface area is 119 Å². The molecule has 0 saturated heterocycles. The lowest BCUT2D eigenvalue weighted by molar-refractivity contribution is 0.865. The van der Waals surface area contributed by atoms with Gasteiger partial charge in [0, 0.05) is 17.7 Å². The monoisotopic (exact) mass is 272 g/mol. The van der Waals surface area contributed by atoms with E-state index in [2.05, 4.69) is 54.5 Å². The Kier molecular flexibility index (Phi) is 4.86. The molecule has 0 aliphatic rings. The van der Waals surface area contributed by atoms with Crippen LogP contribution in [0, 0.1) is 0 Å². The zero-order chi connectivity index (χ0) is 13.7. The molecule has 3 heteroatoms. The minimum Gasteiger partial charge on any atom is -0.373 e. The van der Waals surface area contributed by atoms with E-state index in [0.717, 1.165) is 17.3 Å². The smallest absolute Gasteiger partial charge is 0.125 e. The van der Waals surface area contributed by atoms with Gasteiger partial charge in [-0.2, -0.15) is 0 Å². The molecule has 0 aliphatic carbocycles. The van der Waals surface area contributed by atoms with Gasteiger partial charge in [0.1, 0.15) is 5.82 Å². The molecule has 0 bridgehead atoms. The molecule has 2 aromatic rings. The summed E-state index contributed by atoms with van der Waals surface area (Å²) in [4.78, 5) is 5.81. The number of benzene rings is 1. The van der Waals surface area contributed by atoms with E-state index in [9.17, 15) is 0 Å². The van der Waals surface area contributed by atoms with Crippen molar-refractivity contribution in [2.45, 2.75) is 30.4 Å². The Balaban J connectivity index is 1.98. The molecule has 1 aromatic carbocycles. The first-order valence-electron chi connectivity index (χ1n) is 6.55. The van der Waals surface area contributed by atoms with Crippen LogP contribution in [0.4, 0.5) is 5.82 Å². The first-order chi connectivity index (χ1) is 9.19. The maximum Gasteiger partial charge on any atom is 0.125 e. The number of hydrogen-bond acceptors (Lipinski definition) is 3. The maximum atomic E-state index is 4.52. The van der Waals surface area contributed by atoms with Crippen molar-refractivity contribution in [3.63, 3.8) is 0 Å². The van der Waals surface area contributed by atoms with Gasteiger partial charge >= 0.3 is 0 Å². The molecule has 0 atom stereocenters. The fourth-order valence-corrected chi connectivity index (χ4v) is 2.61. The van der Waals surface area contributed by atoms with E-state index >= 15 is 0 Å². The number of nitrogens with zero attached hydrogens (tertiary/aromatic N) is 1. The van der Waals surface area contributed by atoms with Crippen LogP contribution in [0.15, 0.2) is 47.4 Å². The molecule has 0 spiro atoms. The fourth-order valence-electron chi connectivity index (χ4n) is 1.81.